The van der Waals surface area contributed by atoms with E-state index in [9.17, 15) is 5.11 Å². The van der Waals surface area contributed by atoms with Gasteiger partial charge in [-0.3, -0.25) is 4.68 Å². The number of benzene rings is 2. The minimum atomic E-state index is 0.322. The molecule has 154 valence electrons. The molecule has 1 saturated heterocycles. The quantitative estimate of drug-likeness (QED) is 0.562. The highest BCUT2D eigenvalue weighted by Crippen LogP contribution is 2.26. The molecule has 1 aliphatic heterocycles. The third kappa shape index (κ3) is 5.10. The number of piperidine rings is 1. The van der Waals surface area contributed by atoms with Crippen molar-refractivity contribution in [1.29, 1.82) is 0 Å². The van der Waals surface area contributed by atoms with E-state index in [0.29, 0.717) is 31.6 Å². The molecule has 29 heavy (non-hydrogen) atoms. The molecule has 5 nitrogen and oxygen atoms in total. The van der Waals surface area contributed by atoms with Crippen LogP contribution in [0.2, 0.25) is 5.02 Å². The van der Waals surface area contributed by atoms with E-state index in [1.165, 1.54) is 0 Å². The van der Waals surface area contributed by atoms with Crippen LogP contribution in [-0.4, -0.2) is 52.6 Å². The first-order valence-corrected chi connectivity index (χ1v) is 10.8. The summed E-state index contributed by atoms with van der Waals surface area (Å²) in [5.74, 6) is 1.19. The molecule has 3 aromatic rings. The Morgan fingerprint density at radius 3 is 2.59 bits per heavy atom. The number of aromatic nitrogens is 2. The lowest BCUT2D eigenvalue weighted by Gasteiger charge is -2.30. The Kier molecular flexibility index (Phi) is 6.70. The minimum absolute atomic E-state index is 0.322. The van der Waals surface area contributed by atoms with Crippen molar-refractivity contribution in [2.75, 3.05) is 32.8 Å². The molecule has 0 unspecified atom stereocenters. The van der Waals surface area contributed by atoms with Crippen LogP contribution in [0.25, 0.3) is 10.9 Å². The fourth-order valence-corrected chi connectivity index (χ4v) is 4.06. The summed E-state index contributed by atoms with van der Waals surface area (Å²) in [6.45, 7) is 4.83. The molecule has 1 aliphatic rings. The van der Waals surface area contributed by atoms with Crippen LogP contribution in [0.1, 0.15) is 24.8 Å². The number of fused-ring (bicyclic) bond motifs is 1. The number of hydrogen-bond donors (Lipinski definition) is 1. The molecule has 2 aromatic carbocycles. The number of likely N-dealkylation sites (tertiary alicyclic amines) is 1. The summed E-state index contributed by atoms with van der Waals surface area (Å²) in [5.41, 5.74) is 2.23. The molecule has 0 amide bonds. The number of nitrogens with zero attached hydrogens (tertiary/aromatic N) is 3. The Bertz CT molecular complexity index is 918. The third-order valence-electron chi connectivity index (χ3n) is 5.69. The van der Waals surface area contributed by atoms with Crippen LogP contribution in [0.3, 0.4) is 0 Å². The van der Waals surface area contributed by atoms with Crippen molar-refractivity contribution in [2.45, 2.75) is 25.8 Å². The Morgan fingerprint density at radius 2 is 1.83 bits per heavy atom. The van der Waals surface area contributed by atoms with Gasteiger partial charge in [-0.05, 0) is 68.1 Å². The Morgan fingerprint density at radius 1 is 1.07 bits per heavy atom. The van der Waals surface area contributed by atoms with E-state index in [1.807, 2.05) is 41.1 Å². The van der Waals surface area contributed by atoms with Crippen LogP contribution in [-0.2, 0) is 6.54 Å². The molecule has 1 fully saturated rings. The van der Waals surface area contributed by atoms with Crippen molar-refractivity contribution >= 4 is 22.5 Å². The molecule has 0 radical (unpaired) electrons. The van der Waals surface area contributed by atoms with E-state index in [0.717, 1.165) is 60.4 Å². The number of rotatable bonds is 8. The fraction of sp³-hybridized carbons (Fsp3) is 0.435. The monoisotopic (exact) mass is 413 g/mol. The second-order valence-corrected chi connectivity index (χ2v) is 8.21. The number of halogens is 1. The molecular formula is C23H28ClN3O2. The summed E-state index contributed by atoms with van der Waals surface area (Å²) >= 11 is 6.00. The maximum absolute atomic E-state index is 9.26. The zero-order chi connectivity index (χ0) is 20.1. The lowest BCUT2D eigenvalue weighted by molar-refractivity contribution is 0.126. The first kappa shape index (κ1) is 20.2. The van der Waals surface area contributed by atoms with Gasteiger partial charge in [-0.25, -0.2) is 0 Å². The molecule has 0 bridgehead atoms. The number of aliphatic hydroxyl groups is 1. The maximum Gasteiger partial charge on any atom is 0.240 e. The van der Waals surface area contributed by atoms with Gasteiger partial charge in [0.15, 0.2) is 0 Å². The smallest absolute Gasteiger partial charge is 0.240 e. The molecule has 1 aromatic heterocycles. The summed E-state index contributed by atoms with van der Waals surface area (Å²) < 4.78 is 8.06. The second-order valence-electron chi connectivity index (χ2n) is 7.78. The van der Waals surface area contributed by atoms with E-state index in [-0.39, 0.29) is 0 Å². The van der Waals surface area contributed by atoms with Crippen LogP contribution in [0.4, 0.5) is 0 Å². The molecule has 6 heteroatoms. The summed E-state index contributed by atoms with van der Waals surface area (Å²) in [7, 11) is 0. The average Bonchev–Trinajstić information content (AvgIpc) is 3.11. The number of para-hydroxylation sites is 1. The van der Waals surface area contributed by atoms with Gasteiger partial charge in [0.05, 0.1) is 24.1 Å². The Balaban J connectivity index is 1.36. The van der Waals surface area contributed by atoms with Crippen molar-refractivity contribution in [3.8, 4) is 5.88 Å². The first-order valence-electron chi connectivity index (χ1n) is 10.4. The predicted molar refractivity (Wildman–Crippen MR) is 117 cm³/mol. The average molecular weight is 414 g/mol. The lowest BCUT2D eigenvalue weighted by atomic mass is 9.98. The predicted octanol–water partition coefficient (Wildman–Crippen LogP) is 4.21. The van der Waals surface area contributed by atoms with Crippen LogP contribution >= 0.6 is 11.6 Å². The van der Waals surface area contributed by atoms with Gasteiger partial charge < -0.3 is 14.7 Å². The Hall–Kier alpha value is -2.08. The normalized spacial score (nSPS) is 15.8. The van der Waals surface area contributed by atoms with Gasteiger partial charge in [0.1, 0.15) is 0 Å². The molecule has 0 atom stereocenters. The first-order chi connectivity index (χ1) is 14.2. The van der Waals surface area contributed by atoms with E-state index in [2.05, 4.69) is 17.0 Å². The zero-order valence-corrected chi connectivity index (χ0v) is 17.4. The maximum atomic E-state index is 9.26. The van der Waals surface area contributed by atoms with Gasteiger partial charge in [0.2, 0.25) is 5.88 Å². The SMILES string of the molecule is OCC1CCN(CCCOc2nn(Cc3ccc(Cl)cc3)c3ccccc23)CC1. The van der Waals surface area contributed by atoms with Gasteiger partial charge >= 0.3 is 0 Å². The largest absolute Gasteiger partial charge is 0.476 e. The fourth-order valence-electron chi connectivity index (χ4n) is 3.94. The molecule has 2 heterocycles. The molecule has 0 spiro atoms. The highest BCUT2D eigenvalue weighted by atomic mass is 35.5. The number of hydrogen-bond acceptors (Lipinski definition) is 4. The second kappa shape index (κ2) is 9.61. The third-order valence-corrected chi connectivity index (χ3v) is 5.94. The molecule has 4 rings (SSSR count). The van der Waals surface area contributed by atoms with Gasteiger partial charge in [-0.15, -0.1) is 5.10 Å². The molecular weight excluding hydrogens is 386 g/mol. The molecule has 0 saturated carbocycles. The van der Waals surface area contributed by atoms with E-state index in [1.54, 1.807) is 0 Å². The van der Waals surface area contributed by atoms with Crippen molar-refractivity contribution in [3.63, 3.8) is 0 Å². The lowest BCUT2D eigenvalue weighted by Crippen LogP contribution is -2.35. The minimum Gasteiger partial charge on any atom is -0.476 e. The molecule has 0 aliphatic carbocycles. The van der Waals surface area contributed by atoms with Crippen LogP contribution in [0.5, 0.6) is 5.88 Å². The van der Waals surface area contributed by atoms with Crippen LogP contribution < -0.4 is 4.74 Å². The van der Waals surface area contributed by atoms with E-state index < -0.39 is 0 Å². The Labute approximate surface area is 176 Å². The van der Waals surface area contributed by atoms with Crippen molar-refractivity contribution in [3.05, 3.63) is 59.1 Å². The van der Waals surface area contributed by atoms with Crippen LogP contribution in [0.15, 0.2) is 48.5 Å². The highest BCUT2D eigenvalue weighted by Gasteiger charge is 2.18. The van der Waals surface area contributed by atoms with Crippen molar-refractivity contribution < 1.29 is 9.84 Å². The standard InChI is InChI=1S/C23H28ClN3O2/c24-20-8-6-18(7-9-20)16-27-22-5-2-1-4-21(22)23(25-27)29-15-3-12-26-13-10-19(17-28)11-14-26/h1-2,4-9,19,28H,3,10-17H2. The van der Waals surface area contributed by atoms with Gasteiger partial charge in [0, 0.05) is 18.2 Å². The topological polar surface area (TPSA) is 50.5 Å². The molecule has 1 N–H and O–H groups in total. The van der Waals surface area contributed by atoms with E-state index in [4.69, 9.17) is 21.4 Å². The van der Waals surface area contributed by atoms with E-state index >= 15 is 0 Å². The van der Waals surface area contributed by atoms with Gasteiger partial charge in [-0.1, -0.05) is 35.9 Å². The highest BCUT2D eigenvalue weighted by molar-refractivity contribution is 6.30. The number of aliphatic hydroxyl groups excluding tert-OH is 1. The van der Waals surface area contributed by atoms with Crippen LogP contribution in [0, 0.1) is 5.92 Å². The van der Waals surface area contributed by atoms with Crippen molar-refractivity contribution in [2.24, 2.45) is 5.92 Å². The number of ether oxygens (including phenoxy) is 1. The zero-order valence-electron chi connectivity index (χ0n) is 16.6. The summed E-state index contributed by atoms with van der Waals surface area (Å²) in [4.78, 5) is 2.47. The summed E-state index contributed by atoms with van der Waals surface area (Å²) in [6.07, 6.45) is 3.16. The van der Waals surface area contributed by atoms with Gasteiger partial charge in [-0.2, -0.15) is 0 Å². The van der Waals surface area contributed by atoms with Gasteiger partial charge in [0.25, 0.3) is 0 Å². The summed E-state index contributed by atoms with van der Waals surface area (Å²) in [5, 5.41) is 15.8. The summed E-state index contributed by atoms with van der Waals surface area (Å²) in [6, 6.07) is 16.1. The van der Waals surface area contributed by atoms with Crippen molar-refractivity contribution in [1.82, 2.24) is 14.7 Å².